The number of nitrogens with two attached hydrogens (primary N) is 1. The highest BCUT2D eigenvalue weighted by Gasteiger charge is 2.43. The second-order valence-corrected chi connectivity index (χ2v) is 5.90. The van der Waals surface area contributed by atoms with E-state index in [1.165, 1.54) is 0 Å². The van der Waals surface area contributed by atoms with Crippen LogP contribution >= 0.6 is 0 Å². The number of nitrogens with zero attached hydrogens (tertiary/aromatic N) is 2. The lowest BCUT2D eigenvalue weighted by Gasteiger charge is -2.46. The lowest BCUT2D eigenvalue weighted by Crippen LogP contribution is -2.55. The van der Waals surface area contributed by atoms with Gasteiger partial charge in [-0.25, -0.2) is 4.98 Å². The lowest BCUT2D eigenvalue weighted by molar-refractivity contribution is -0.177. The highest BCUT2D eigenvalue weighted by Crippen LogP contribution is 2.35. The molecule has 3 N–H and O–H groups in total. The lowest BCUT2D eigenvalue weighted by atomic mass is 9.82. The highest BCUT2D eigenvalue weighted by atomic mass is 16.5. The van der Waals surface area contributed by atoms with Gasteiger partial charge in [0.05, 0.1) is 11.7 Å². The molecule has 5 heteroatoms. The van der Waals surface area contributed by atoms with Crippen LogP contribution in [0.2, 0.25) is 0 Å². The second kappa shape index (κ2) is 5.68. The molecule has 1 aromatic heterocycles. The molecule has 3 heterocycles. The largest absolute Gasteiger partial charge is 0.390 e. The number of hydrogen-bond donors (Lipinski definition) is 2. The van der Waals surface area contributed by atoms with E-state index in [1.807, 2.05) is 12.1 Å². The van der Waals surface area contributed by atoms with Gasteiger partial charge in [0.1, 0.15) is 5.82 Å². The Hall–Kier alpha value is -1.17. The normalized spacial score (nSPS) is 26.8. The number of likely N-dealkylation sites (tertiary alicyclic amines) is 1. The number of rotatable bonds is 2. The molecule has 20 heavy (non-hydrogen) atoms. The van der Waals surface area contributed by atoms with E-state index in [9.17, 15) is 5.11 Å². The minimum atomic E-state index is -0.304. The Bertz CT molecular complexity index is 458. The van der Waals surface area contributed by atoms with Gasteiger partial charge in [0.25, 0.3) is 0 Å². The highest BCUT2D eigenvalue weighted by molar-refractivity contribution is 5.38. The Morgan fingerprint density at radius 1 is 1.45 bits per heavy atom. The number of pyridine rings is 1. The maximum atomic E-state index is 10.2. The molecule has 0 radical (unpaired) electrons. The quantitative estimate of drug-likeness (QED) is 0.849. The molecule has 5 nitrogen and oxygen atoms in total. The van der Waals surface area contributed by atoms with Crippen molar-refractivity contribution in [3.05, 3.63) is 23.9 Å². The van der Waals surface area contributed by atoms with Crippen LogP contribution in [-0.4, -0.2) is 46.4 Å². The summed E-state index contributed by atoms with van der Waals surface area (Å²) in [6.45, 7) is 3.48. The van der Waals surface area contributed by atoms with Gasteiger partial charge >= 0.3 is 0 Å². The van der Waals surface area contributed by atoms with Crippen molar-refractivity contribution in [3.8, 4) is 0 Å². The monoisotopic (exact) mass is 277 g/mol. The number of hydrogen-bond acceptors (Lipinski definition) is 5. The fourth-order valence-corrected chi connectivity index (χ4v) is 3.30. The fourth-order valence-electron chi connectivity index (χ4n) is 3.30. The Kier molecular flexibility index (Phi) is 3.92. The van der Waals surface area contributed by atoms with Crippen molar-refractivity contribution in [2.45, 2.75) is 43.9 Å². The molecular weight excluding hydrogens is 254 g/mol. The van der Waals surface area contributed by atoms with E-state index < -0.39 is 0 Å². The molecule has 3 rings (SSSR count). The molecule has 2 aliphatic heterocycles. The van der Waals surface area contributed by atoms with Crippen LogP contribution in [0, 0.1) is 0 Å². The molecule has 1 aromatic rings. The van der Waals surface area contributed by atoms with E-state index >= 15 is 0 Å². The number of piperidine rings is 1. The van der Waals surface area contributed by atoms with E-state index in [4.69, 9.17) is 10.5 Å². The van der Waals surface area contributed by atoms with Crippen LogP contribution in [0.3, 0.4) is 0 Å². The average Bonchev–Trinajstić information content (AvgIpc) is 2.47. The van der Waals surface area contributed by atoms with E-state index in [0.29, 0.717) is 5.82 Å². The number of nitrogen functional groups attached to an aromatic ring is 1. The van der Waals surface area contributed by atoms with Gasteiger partial charge in [-0.1, -0.05) is 6.07 Å². The summed E-state index contributed by atoms with van der Waals surface area (Å²) in [6, 6.07) is 3.95. The van der Waals surface area contributed by atoms with E-state index in [2.05, 4.69) is 9.88 Å². The van der Waals surface area contributed by atoms with Gasteiger partial charge in [0.2, 0.25) is 0 Å². The summed E-state index contributed by atoms with van der Waals surface area (Å²) in [5.74, 6) is 0.613. The summed E-state index contributed by atoms with van der Waals surface area (Å²) >= 11 is 0. The molecule has 0 bridgehead atoms. The molecule has 0 unspecified atom stereocenters. The zero-order chi connectivity index (χ0) is 14.0. The van der Waals surface area contributed by atoms with Gasteiger partial charge in [0.15, 0.2) is 0 Å². The number of ether oxygens (including phenoxy) is 1. The van der Waals surface area contributed by atoms with Crippen LogP contribution in [-0.2, 0) is 11.3 Å². The minimum absolute atomic E-state index is 0.296. The molecule has 2 aliphatic rings. The summed E-state index contributed by atoms with van der Waals surface area (Å²) in [5.41, 5.74) is 6.67. The first-order valence-electron chi connectivity index (χ1n) is 7.43. The zero-order valence-electron chi connectivity index (χ0n) is 11.8. The maximum absolute atomic E-state index is 10.2. The first-order chi connectivity index (χ1) is 9.70. The van der Waals surface area contributed by atoms with Crippen LogP contribution < -0.4 is 5.73 Å². The van der Waals surface area contributed by atoms with E-state index in [-0.39, 0.29) is 11.7 Å². The Morgan fingerprint density at radius 3 is 2.95 bits per heavy atom. The number of aliphatic hydroxyl groups excluding tert-OH is 1. The van der Waals surface area contributed by atoms with Crippen molar-refractivity contribution in [1.82, 2.24) is 9.88 Å². The van der Waals surface area contributed by atoms with Gasteiger partial charge in [-0.05, 0) is 31.7 Å². The number of anilines is 1. The molecule has 1 spiro atoms. The molecule has 2 saturated heterocycles. The van der Waals surface area contributed by atoms with Gasteiger partial charge in [0, 0.05) is 38.0 Å². The molecular formula is C15H23N3O2. The van der Waals surface area contributed by atoms with Crippen LogP contribution in [0.4, 0.5) is 5.82 Å². The summed E-state index contributed by atoms with van der Waals surface area (Å²) in [7, 11) is 0. The summed E-state index contributed by atoms with van der Waals surface area (Å²) in [6.07, 6.45) is 5.05. The van der Waals surface area contributed by atoms with Crippen molar-refractivity contribution in [2.24, 2.45) is 0 Å². The van der Waals surface area contributed by atoms with Gasteiger partial charge < -0.3 is 15.6 Å². The van der Waals surface area contributed by atoms with E-state index in [1.54, 1.807) is 6.20 Å². The third-order valence-electron chi connectivity index (χ3n) is 4.64. The molecule has 0 aromatic carbocycles. The fraction of sp³-hybridized carbons (Fsp3) is 0.667. The van der Waals surface area contributed by atoms with Crippen LogP contribution in [0.5, 0.6) is 0 Å². The van der Waals surface area contributed by atoms with Gasteiger partial charge in [-0.15, -0.1) is 0 Å². The van der Waals surface area contributed by atoms with Crippen molar-refractivity contribution in [2.75, 3.05) is 25.4 Å². The standard InChI is InChI=1S/C15H23N3O2/c16-14-12(3-1-7-17-14)11-18-8-5-15(6-9-18)13(19)4-2-10-20-15/h1,3,7,13,19H,2,4-6,8-11H2,(H2,16,17)/t13-/m1/s1. The molecule has 0 saturated carbocycles. The molecule has 2 fully saturated rings. The van der Waals surface area contributed by atoms with Gasteiger partial charge in [-0.3, -0.25) is 4.90 Å². The molecule has 0 aliphatic carbocycles. The average molecular weight is 277 g/mol. The maximum Gasteiger partial charge on any atom is 0.127 e. The first-order valence-corrected chi connectivity index (χ1v) is 7.43. The Morgan fingerprint density at radius 2 is 2.25 bits per heavy atom. The van der Waals surface area contributed by atoms with Crippen LogP contribution in [0.25, 0.3) is 0 Å². The molecule has 1 atom stereocenters. The van der Waals surface area contributed by atoms with Crippen molar-refractivity contribution in [1.29, 1.82) is 0 Å². The van der Waals surface area contributed by atoms with Crippen molar-refractivity contribution >= 4 is 5.82 Å². The summed E-state index contributed by atoms with van der Waals surface area (Å²) < 4.78 is 5.93. The number of aliphatic hydroxyl groups is 1. The van der Waals surface area contributed by atoms with Gasteiger partial charge in [-0.2, -0.15) is 0 Å². The van der Waals surface area contributed by atoms with Crippen LogP contribution in [0.15, 0.2) is 18.3 Å². The second-order valence-electron chi connectivity index (χ2n) is 5.90. The smallest absolute Gasteiger partial charge is 0.127 e. The third kappa shape index (κ3) is 2.66. The molecule has 110 valence electrons. The van der Waals surface area contributed by atoms with E-state index in [0.717, 1.165) is 57.5 Å². The Labute approximate surface area is 119 Å². The first kappa shape index (κ1) is 13.8. The zero-order valence-corrected chi connectivity index (χ0v) is 11.8. The minimum Gasteiger partial charge on any atom is -0.390 e. The predicted octanol–water partition coefficient (Wildman–Crippen LogP) is 1.17. The van der Waals surface area contributed by atoms with Crippen LogP contribution in [0.1, 0.15) is 31.2 Å². The third-order valence-corrected chi connectivity index (χ3v) is 4.64. The predicted molar refractivity (Wildman–Crippen MR) is 77.1 cm³/mol. The number of aromatic nitrogens is 1. The van der Waals surface area contributed by atoms with Crippen molar-refractivity contribution < 1.29 is 9.84 Å². The summed E-state index contributed by atoms with van der Waals surface area (Å²) in [4.78, 5) is 6.49. The summed E-state index contributed by atoms with van der Waals surface area (Å²) in [5, 5.41) is 10.2. The van der Waals surface area contributed by atoms with Crippen molar-refractivity contribution in [3.63, 3.8) is 0 Å². The molecule has 0 amide bonds. The SMILES string of the molecule is Nc1ncccc1CN1CCC2(CC1)OCCC[C@H]2O. The topological polar surface area (TPSA) is 71.6 Å². The Balaban J connectivity index is 1.60.